The van der Waals surface area contributed by atoms with Crippen LogP contribution in [-0.2, 0) is 4.74 Å². The first-order valence-electron chi connectivity index (χ1n) is 5.07. The highest BCUT2D eigenvalue weighted by Crippen LogP contribution is 2.09. The van der Waals surface area contributed by atoms with Crippen molar-refractivity contribution in [3.05, 3.63) is 60.7 Å². The number of ether oxygens (including phenoxy) is 1. The molecule has 0 aliphatic carbocycles. The van der Waals surface area contributed by atoms with E-state index >= 15 is 0 Å². The molecule has 3 heteroatoms. The second-order valence-electron chi connectivity index (χ2n) is 3.31. The molecule has 0 bridgehead atoms. The van der Waals surface area contributed by atoms with Crippen LogP contribution in [0.3, 0.4) is 0 Å². The summed E-state index contributed by atoms with van der Waals surface area (Å²) in [4.78, 5) is 3.12. The van der Waals surface area contributed by atoms with E-state index in [-0.39, 0.29) is 5.95 Å². The maximum Gasteiger partial charge on any atom is 0.276 e. The van der Waals surface area contributed by atoms with Crippen LogP contribution in [0.1, 0.15) is 0 Å². The van der Waals surface area contributed by atoms with Crippen molar-refractivity contribution in [1.29, 1.82) is 0 Å². The highest BCUT2D eigenvalue weighted by atomic mass is 16.6. The van der Waals surface area contributed by atoms with Gasteiger partial charge in [-0.25, -0.2) is 0 Å². The van der Waals surface area contributed by atoms with Crippen molar-refractivity contribution < 1.29 is 9.84 Å². The van der Waals surface area contributed by atoms with E-state index in [1.807, 2.05) is 24.4 Å². The number of hydrogen-bond acceptors (Lipinski definition) is 2. The quantitative estimate of drug-likeness (QED) is 0.709. The number of hydrogen-bond donors (Lipinski definition) is 2. The summed E-state index contributed by atoms with van der Waals surface area (Å²) in [5, 5.41) is 9.77. The lowest BCUT2D eigenvalue weighted by atomic mass is 10.3. The Morgan fingerprint density at radius 2 is 2.06 bits per heavy atom. The van der Waals surface area contributed by atoms with Crippen molar-refractivity contribution >= 4 is 10.9 Å². The molecule has 3 nitrogen and oxygen atoms in total. The summed E-state index contributed by atoms with van der Waals surface area (Å²) in [5.74, 6) is 0.00231. The molecule has 0 fully saturated rings. The minimum atomic E-state index is 0.00231. The SMILES string of the molecule is OC1=CC=CCO1.c1ccc2[nH]ccc2c1. The van der Waals surface area contributed by atoms with E-state index in [1.54, 1.807) is 6.08 Å². The molecule has 0 radical (unpaired) electrons. The minimum absolute atomic E-state index is 0.00231. The Morgan fingerprint density at radius 1 is 1.19 bits per heavy atom. The number of nitrogens with one attached hydrogen (secondary N) is 1. The van der Waals surface area contributed by atoms with Gasteiger partial charge in [-0.05, 0) is 23.6 Å². The molecule has 2 heterocycles. The zero-order valence-corrected chi connectivity index (χ0v) is 8.76. The van der Waals surface area contributed by atoms with Crippen LogP contribution in [0.4, 0.5) is 0 Å². The first-order valence-corrected chi connectivity index (χ1v) is 5.07. The van der Waals surface area contributed by atoms with Gasteiger partial charge in [0.1, 0.15) is 6.61 Å². The number of aliphatic hydroxyl groups excluding tert-OH is 1. The Morgan fingerprint density at radius 3 is 2.69 bits per heavy atom. The van der Waals surface area contributed by atoms with Gasteiger partial charge in [0.2, 0.25) is 0 Å². The first kappa shape index (κ1) is 10.4. The lowest BCUT2D eigenvalue weighted by molar-refractivity contribution is 0.109. The molecular weight excluding hydrogens is 202 g/mol. The molecule has 0 atom stereocenters. The predicted molar refractivity (Wildman–Crippen MR) is 64.1 cm³/mol. The van der Waals surface area contributed by atoms with E-state index in [0.29, 0.717) is 6.61 Å². The maximum absolute atomic E-state index is 8.50. The van der Waals surface area contributed by atoms with Gasteiger partial charge >= 0.3 is 0 Å². The van der Waals surface area contributed by atoms with Crippen molar-refractivity contribution in [1.82, 2.24) is 4.98 Å². The van der Waals surface area contributed by atoms with Crippen LogP contribution in [0.25, 0.3) is 10.9 Å². The normalized spacial score (nSPS) is 13.6. The number of aliphatic hydroxyl groups is 1. The largest absolute Gasteiger partial charge is 0.481 e. The Labute approximate surface area is 93.7 Å². The Balaban J connectivity index is 0.000000125. The molecule has 0 saturated carbocycles. The van der Waals surface area contributed by atoms with Crippen LogP contribution in [0, 0.1) is 0 Å². The molecule has 1 aromatic carbocycles. The van der Waals surface area contributed by atoms with Crippen molar-refractivity contribution in [2.24, 2.45) is 0 Å². The van der Waals surface area contributed by atoms with E-state index < -0.39 is 0 Å². The molecule has 16 heavy (non-hydrogen) atoms. The molecule has 2 N–H and O–H groups in total. The molecule has 82 valence electrons. The van der Waals surface area contributed by atoms with Crippen LogP contribution in [0.5, 0.6) is 0 Å². The lowest BCUT2D eigenvalue weighted by Gasteiger charge is -2.01. The maximum atomic E-state index is 8.50. The molecule has 0 spiro atoms. The van der Waals surface area contributed by atoms with E-state index in [4.69, 9.17) is 5.11 Å². The van der Waals surface area contributed by atoms with Gasteiger partial charge in [0, 0.05) is 17.8 Å². The zero-order chi connectivity index (χ0) is 11.2. The van der Waals surface area contributed by atoms with Gasteiger partial charge < -0.3 is 14.8 Å². The van der Waals surface area contributed by atoms with Gasteiger partial charge in [-0.2, -0.15) is 0 Å². The van der Waals surface area contributed by atoms with Gasteiger partial charge in [0.05, 0.1) is 0 Å². The summed E-state index contributed by atoms with van der Waals surface area (Å²) in [6.07, 6.45) is 7.02. The molecular formula is C13H13NO2. The average Bonchev–Trinajstić information content (AvgIpc) is 2.79. The third-order valence-electron chi connectivity index (χ3n) is 2.16. The molecule has 3 rings (SSSR count). The highest BCUT2D eigenvalue weighted by Gasteiger charge is 1.91. The van der Waals surface area contributed by atoms with Crippen LogP contribution in [0.2, 0.25) is 0 Å². The summed E-state index contributed by atoms with van der Waals surface area (Å²) >= 11 is 0. The van der Waals surface area contributed by atoms with Gasteiger partial charge in [0.25, 0.3) is 5.95 Å². The van der Waals surface area contributed by atoms with Crippen LogP contribution >= 0.6 is 0 Å². The average molecular weight is 215 g/mol. The number of fused-ring (bicyclic) bond motifs is 1. The second-order valence-corrected chi connectivity index (χ2v) is 3.31. The third kappa shape index (κ3) is 2.67. The van der Waals surface area contributed by atoms with Gasteiger partial charge in [0.15, 0.2) is 0 Å². The van der Waals surface area contributed by atoms with Gasteiger partial charge in [-0.3, -0.25) is 0 Å². The fraction of sp³-hybridized carbons (Fsp3) is 0.0769. The Kier molecular flexibility index (Phi) is 3.28. The number of para-hydroxylation sites is 1. The third-order valence-corrected chi connectivity index (χ3v) is 2.16. The highest BCUT2D eigenvalue weighted by molar-refractivity contribution is 5.78. The summed E-state index contributed by atoms with van der Waals surface area (Å²) < 4.78 is 4.61. The number of aromatic nitrogens is 1. The number of aromatic amines is 1. The van der Waals surface area contributed by atoms with Crippen LogP contribution < -0.4 is 0 Å². The van der Waals surface area contributed by atoms with Crippen molar-refractivity contribution in [3.8, 4) is 0 Å². The number of allylic oxidation sites excluding steroid dienone is 2. The van der Waals surface area contributed by atoms with Gasteiger partial charge in [-0.1, -0.05) is 24.3 Å². The molecule has 1 aliphatic heterocycles. The molecule has 0 saturated heterocycles. The molecule has 0 unspecified atom stereocenters. The van der Waals surface area contributed by atoms with E-state index in [2.05, 4.69) is 27.9 Å². The van der Waals surface area contributed by atoms with Crippen LogP contribution in [-0.4, -0.2) is 16.7 Å². The monoisotopic (exact) mass is 215 g/mol. The smallest absolute Gasteiger partial charge is 0.276 e. The Bertz CT molecular complexity index is 481. The molecule has 1 aromatic heterocycles. The van der Waals surface area contributed by atoms with Crippen LogP contribution in [0.15, 0.2) is 60.7 Å². The predicted octanol–water partition coefficient (Wildman–Crippen LogP) is 3.14. The summed E-state index contributed by atoms with van der Waals surface area (Å²) in [7, 11) is 0. The van der Waals surface area contributed by atoms with Crippen molar-refractivity contribution in [2.45, 2.75) is 0 Å². The zero-order valence-electron chi connectivity index (χ0n) is 8.76. The second kappa shape index (κ2) is 5.07. The van der Waals surface area contributed by atoms with E-state index in [0.717, 1.165) is 0 Å². The summed E-state index contributed by atoms with van der Waals surface area (Å²) in [6, 6.07) is 10.3. The summed E-state index contributed by atoms with van der Waals surface area (Å²) in [5.41, 5.74) is 1.21. The number of rotatable bonds is 0. The van der Waals surface area contributed by atoms with Crippen molar-refractivity contribution in [2.75, 3.05) is 6.61 Å². The molecule has 2 aromatic rings. The topological polar surface area (TPSA) is 45.2 Å². The Hall–Kier alpha value is -2.16. The number of H-pyrrole nitrogens is 1. The molecule has 1 aliphatic rings. The standard InChI is InChI=1S/C8H7N.C5H6O2/c1-2-4-8-7(3-1)5-6-9-8;6-5-3-1-2-4-7-5/h1-6,9H;1-3,6H,4H2. The summed E-state index contributed by atoms with van der Waals surface area (Å²) in [6.45, 7) is 0.488. The lowest BCUT2D eigenvalue weighted by Crippen LogP contribution is -1.93. The first-order chi connectivity index (χ1) is 7.86. The number of benzene rings is 1. The molecule has 0 amide bonds. The van der Waals surface area contributed by atoms with E-state index in [1.165, 1.54) is 17.0 Å². The van der Waals surface area contributed by atoms with Gasteiger partial charge in [-0.15, -0.1) is 0 Å². The fourth-order valence-electron chi connectivity index (χ4n) is 1.38. The van der Waals surface area contributed by atoms with Crippen molar-refractivity contribution in [3.63, 3.8) is 0 Å². The fourth-order valence-corrected chi connectivity index (χ4v) is 1.38. The van der Waals surface area contributed by atoms with E-state index in [9.17, 15) is 0 Å². The minimum Gasteiger partial charge on any atom is -0.481 e.